The van der Waals surface area contributed by atoms with E-state index in [1.807, 2.05) is 30.3 Å². The standard InChI is InChI=1S/C24H23N7O3S/c1-2-35(32,33)30-18-8-9-25-21(14-18)20-5-3-4-17-15-27-24(29-23(17)20)28-19-6-7-22(26-16-19)31-10-12-34-13-11-31/h2-9,14-16H,1,10-13H2,(H,25,30)(H,27,28,29). The number of nitrogens with one attached hydrogen (secondary N) is 2. The molecule has 0 atom stereocenters. The van der Waals surface area contributed by atoms with E-state index in [0.717, 1.165) is 41.0 Å². The van der Waals surface area contributed by atoms with Gasteiger partial charge in [0.2, 0.25) is 5.95 Å². The smallest absolute Gasteiger partial charge is 0.254 e. The molecule has 11 heteroatoms. The summed E-state index contributed by atoms with van der Waals surface area (Å²) in [5.41, 5.74) is 3.14. The van der Waals surface area contributed by atoms with Crippen LogP contribution in [0.25, 0.3) is 22.2 Å². The lowest BCUT2D eigenvalue weighted by molar-refractivity contribution is 0.122. The zero-order valence-electron chi connectivity index (χ0n) is 18.8. The molecular formula is C24H23N7O3S. The van der Waals surface area contributed by atoms with E-state index < -0.39 is 10.0 Å². The number of pyridine rings is 2. The molecule has 1 fully saturated rings. The highest BCUT2D eigenvalue weighted by Crippen LogP contribution is 2.28. The number of ether oxygens (including phenoxy) is 1. The van der Waals surface area contributed by atoms with Crippen molar-refractivity contribution in [3.63, 3.8) is 0 Å². The Morgan fingerprint density at radius 2 is 1.86 bits per heavy atom. The highest BCUT2D eigenvalue weighted by molar-refractivity contribution is 7.95. The van der Waals surface area contributed by atoms with Crippen LogP contribution < -0.4 is 14.9 Å². The van der Waals surface area contributed by atoms with Crippen molar-refractivity contribution in [2.75, 3.05) is 41.2 Å². The van der Waals surface area contributed by atoms with E-state index >= 15 is 0 Å². The first kappa shape index (κ1) is 22.7. The van der Waals surface area contributed by atoms with E-state index in [1.165, 1.54) is 6.20 Å². The number of anilines is 4. The lowest BCUT2D eigenvalue weighted by Gasteiger charge is -2.27. The molecule has 0 amide bonds. The molecule has 4 aromatic rings. The van der Waals surface area contributed by atoms with Crippen LogP contribution >= 0.6 is 0 Å². The third-order valence-electron chi connectivity index (χ3n) is 5.47. The molecular weight excluding hydrogens is 466 g/mol. The van der Waals surface area contributed by atoms with Gasteiger partial charge >= 0.3 is 0 Å². The lowest BCUT2D eigenvalue weighted by atomic mass is 10.1. The van der Waals surface area contributed by atoms with Crippen molar-refractivity contribution in [2.45, 2.75) is 0 Å². The monoisotopic (exact) mass is 489 g/mol. The van der Waals surface area contributed by atoms with Gasteiger partial charge in [0.25, 0.3) is 10.0 Å². The number of hydrogen-bond acceptors (Lipinski definition) is 9. The Morgan fingerprint density at radius 3 is 2.63 bits per heavy atom. The normalized spacial score (nSPS) is 14.0. The molecule has 1 saturated heterocycles. The van der Waals surface area contributed by atoms with Crippen molar-refractivity contribution in [3.8, 4) is 11.3 Å². The van der Waals surface area contributed by atoms with Crippen molar-refractivity contribution >= 4 is 44.1 Å². The van der Waals surface area contributed by atoms with Gasteiger partial charge in [0.15, 0.2) is 0 Å². The molecule has 4 heterocycles. The van der Waals surface area contributed by atoms with Gasteiger partial charge < -0.3 is 15.0 Å². The fourth-order valence-corrected chi connectivity index (χ4v) is 4.28. The van der Waals surface area contributed by atoms with Gasteiger partial charge in [0.1, 0.15) is 5.82 Å². The number of hydrogen-bond donors (Lipinski definition) is 2. The van der Waals surface area contributed by atoms with E-state index in [2.05, 4.69) is 36.5 Å². The predicted molar refractivity (Wildman–Crippen MR) is 136 cm³/mol. The molecule has 178 valence electrons. The number of sulfonamides is 1. The van der Waals surface area contributed by atoms with Gasteiger partial charge in [-0.25, -0.2) is 23.4 Å². The van der Waals surface area contributed by atoms with Crippen LogP contribution in [0.3, 0.4) is 0 Å². The Bertz CT molecular complexity index is 1470. The minimum atomic E-state index is -3.63. The SMILES string of the molecule is C=CS(=O)(=O)Nc1ccnc(-c2cccc3cnc(Nc4ccc(N5CCOCC5)nc4)nc23)c1. The molecule has 0 spiro atoms. The van der Waals surface area contributed by atoms with Gasteiger partial charge in [-0.15, -0.1) is 0 Å². The first-order valence-electron chi connectivity index (χ1n) is 10.9. The maximum absolute atomic E-state index is 11.9. The van der Waals surface area contributed by atoms with Crippen LogP contribution in [0, 0.1) is 0 Å². The minimum Gasteiger partial charge on any atom is -0.378 e. The van der Waals surface area contributed by atoms with Crippen LogP contribution in [0.4, 0.5) is 23.1 Å². The average Bonchev–Trinajstić information content (AvgIpc) is 2.89. The molecule has 0 unspecified atom stereocenters. The van der Waals surface area contributed by atoms with Gasteiger partial charge in [0, 0.05) is 41.8 Å². The van der Waals surface area contributed by atoms with Crippen molar-refractivity contribution in [1.29, 1.82) is 0 Å². The molecule has 0 saturated carbocycles. The van der Waals surface area contributed by atoms with E-state index in [9.17, 15) is 8.42 Å². The Labute approximate surface area is 202 Å². The van der Waals surface area contributed by atoms with Gasteiger partial charge in [-0.1, -0.05) is 24.8 Å². The number of rotatable bonds is 7. The molecule has 1 aromatic carbocycles. The molecule has 1 aliphatic rings. The van der Waals surface area contributed by atoms with Crippen LogP contribution in [0.5, 0.6) is 0 Å². The summed E-state index contributed by atoms with van der Waals surface area (Å²) in [6, 6.07) is 12.8. The second kappa shape index (κ2) is 9.65. The summed E-state index contributed by atoms with van der Waals surface area (Å²) < 4.78 is 31.6. The molecule has 0 bridgehead atoms. The second-order valence-electron chi connectivity index (χ2n) is 7.81. The summed E-state index contributed by atoms with van der Waals surface area (Å²) in [6.45, 7) is 6.36. The zero-order chi connectivity index (χ0) is 24.3. The lowest BCUT2D eigenvalue weighted by Crippen LogP contribution is -2.36. The Morgan fingerprint density at radius 1 is 1.00 bits per heavy atom. The molecule has 2 N–H and O–H groups in total. The summed E-state index contributed by atoms with van der Waals surface area (Å²) in [4.78, 5) is 20.3. The molecule has 35 heavy (non-hydrogen) atoms. The van der Waals surface area contributed by atoms with E-state index in [0.29, 0.717) is 36.1 Å². The maximum Gasteiger partial charge on any atom is 0.254 e. The molecule has 0 aliphatic carbocycles. The summed E-state index contributed by atoms with van der Waals surface area (Å²) >= 11 is 0. The molecule has 0 radical (unpaired) electrons. The van der Waals surface area contributed by atoms with Crippen LogP contribution in [-0.4, -0.2) is 54.7 Å². The van der Waals surface area contributed by atoms with Gasteiger partial charge in [-0.05, 0) is 24.3 Å². The molecule has 1 aliphatic heterocycles. The summed E-state index contributed by atoms with van der Waals surface area (Å²) in [5.74, 6) is 1.31. The van der Waals surface area contributed by atoms with Crippen LogP contribution in [0.1, 0.15) is 0 Å². The van der Waals surface area contributed by atoms with E-state index in [-0.39, 0.29) is 0 Å². The number of para-hydroxylation sites is 1. The van der Waals surface area contributed by atoms with E-state index in [1.54, 1.807) is 24.5 Å². The molecule has 3 aromatic heterocycles. The van der Waals surface area contributed by atoms with Gasteiger partial charge in [-0.3, -0.25) is 9.71 Å². The highest BCUT2D eigenvalue weighted by atomic mass is 32.2. The third kappa shape index (κ3) is 5.20. The van der Waals surface area contributed by atoms with E-state index in [4.69, 9.17) is 9.72 Å². The number of aromatic nitrogens is 4. The quantitative estimate of drug-likeness (QED) is 0.401. The Hall–Kier alpha value is -4.09. The minimum absolute atomic E-state index is 0.380. The van der Waals surface area contributed by atoms with Crippen LogP contribution in [-0.2, 0) is 14.8 Å². The maximum atomic E-state index is 11.9. The highest BCUT2D eigenvalue weighted by Gasteiger charge is 2.13. The van der Waals surface area contributed by atoms with Crippen molar-refractivity contribution in [1.82, 2.24) is 19.9 Å². The largest absolute Gasteiger partial charge is 0.378 e. The summed E-state index contributed by atoms with van der Waals surface area (Å²) in [7, 11) is -3.63. The summed E-state index contributed by atoms with van der Waals surface area (Å²) in [5, 5.41) is 4.89. The number of morpholine rings is 1. The second-order valence-corrected chi connectivity index (χ2v) is 9.44. The first-order valence-corrected chi connectivity index (χ1v) is 12.5. The van der Waals surface area contributed by atoms with Crippen LogP contribution in [0.15, 0.2) is 73.0 Å². The zero-order valence-corrected chi connectivity index (χ0v) is 19.6. The predicted octanol–water partition coefficient (Wildman–Crippen LogP) is 3.55. The Balaban J connectivity index is 1.42. The first-order chi connectivity index (χ1) is 17.0. The molecule has 10 nitrogen and oxygen atoms in total. The average molecular weight is 490 g/mol. The van der Waals surface area contributed by atoms with Crippen molar-refractivity contribution in [2.24, 2.45) is 0 Å². The summed E-state index contributed by atoms with van der Waals surface area (Å²) in [6.07, 6.45) is 5.02. The topological polar surface area (TPSA) is 122 Å². The fraction of sp³-hybridized carbons (Fsp3) is 0.167. The van der Waals surface area contributed by atoms with Crippen molar-refractivity contribution < 1.29 is 13.2 Å². The van der Waals surface area contributed by atoms with Crippen molar-refractivity contribution in [3.05, 3.63) is 73.0 Å². The van der Waals surface area contributed by atoms with Gasteiger partial charge in [-0.2, -0.15) is 0 Å². The Kier molecular flexibility index (Phi) is 6.25. The number of benzene rings is 1. The number of nitrogens with zero attached hydrogens (tertiary/aromatic N) is 5. The molecule has 5 rings (SSSR count). The van der Waals surface area contributed by atoms with Gasteiger partial charge in [0.05, 0.1) is 42.0 Å². The third-order valence-corrected chi connectivity index (χ3v) is 6.42. The fourth-order valence-electron chi connectivity index (χ4n) is 3.74. The van der Waals surface area contributed by atoms with Crippen LogP contribution in [0.2, 0.25) is 0 Å². The number of fused-ring (bicyclic) bond motifs is 1.